The fourth-order valence-corrected chi connectivity index (χ4v) is 7.33. The van der Waals surface area contributed by atoms with Crippen LogP contribution in [0.15, 0.2) is 169 Å². The Balaban J connectivity index is 1.40. The van der Waals surface area contributed by atoms with Crippen molar-refractivity contribution in [2.24, 2.45) is 10.7 Å². The highest BCUT2D eigenvalue weighted by Gasteiger charge is 2.46. The fraction of sp³-hybridized carbons (Fsp3) is 0.0455. The SMILES string of the molecule is Cc1cccc(C2(c3ccccc3)c3ccccc3-c3ccc(-c4cc5ccccc5cc4C(N)=NC(=N)c4ccccc4)cc32)c1. The van der Waals surface area contributed by atoms with Gasteiger partial charge in [-0.2, -0.15) is 0 Å². The van der Waals surface area contributed by atoms with E-state index in [9.17, 15) is 0 Å². The van der Waals surface area contributed by atoms with Crippen LogP contribution in [0.4, 0.5) is 0 Å². The Hall–Kier alpha value is -6.06. The second kappa shape index (κ2) is 11.4. The van der Waals surface area contributed by atoms with Crippen LogP contribution in [0.3, 0.4) is 0 Å². The van der Waals surface area contributed by atoms with Gasteiger partial charge in [-0.05, 0) is 80.4 Å². The molecule has 0 heterocycles. The Morgan fingerprint density at radius 1 is 0.553 bits per heavy atom. The lowest BCUT2D eigenvalue weighted by Crippen LogP contribution is -2.28. The third kappa shape index (κ3) is 4.67. The van der Waals surface area contributed by atoms with Crippen LogP contribution in [-0.4, -0.2) is 11.7 Å². The third-order valence-electron chi connectivity index (χ3n) is 9.46. The molecule has 3 nitrogen and oxygen atoms in total. The van der Waals surface area contributed by atoms with Gasteiger partial charge in [0.15, 0.2) is 5.84 Å². The Labute approximate surface area is 275 Å². The molecule has 0 amide bonds. The first-order valence-corrected chi connectivity index (χ1v) is 15.9. The van der Waals surface area contributed by atoms with E-state index < -0.39 is 5.41 Å². The first-order valence-electron chi connectivity index (χ1n) is 15.9. The number of fused-ring (bicyclic) bond motifs is 4. The van der Waals surface area contributed by atoms with Crippen LogP contribution < -0.4 is 5.73 Å². The number of benzene rings is 7. The van der Waals surface area contributed by atoms with Crippen LogP contribution in [0.1, 0.15) is 38.9 Å². The van der Waals surface area contributed by atoms with Crippen molar-refractivity contribution in [1.82, 2.24) is 0 Å². The summed E-state index contributed by atoms with van der Waals surface area (Å²) in [6.07, 6.45) is 0. The lowest BCUT2D eigenvalue weighted by atomic mass is 9.67. The van der Waals surface area contributed by atoms with Crippen molar-refractivity contribution in [2.45, 2.75) is 12.3 Å². The van der Waals surface area contributed by atoms with E-state index in [1.165, 1.54) is 38.9 Å². The zero-order valence-electron chi connectivity index (χ0n) is 26.1. The van der Waals surface area contributed by atoms with E-state index in [2.05, 4.69) is 139 Å². The van der Waals surface area contributed by atoms with Crippen LogP contribution in [-0.2, 0) is 5.41 Å². The molecular weight excluding hydrogens is 571 g/mol. The summed E-state index contributed by atoms with van der Waals surface area (Å²) >= 11 is 0. The lowest BCUT2D eigenvalue weighted by molar-refractivity contribution is 0.767. The number of aliphatic imine (C=N–C) groups is 1. The average molecular weight is 604 g/mol. The number of amidine groups is 2. The smallest absolute Gasteiger partial charge is 0.154 e. The molecule has 7 aromatic carbocycles. The summed E-state index contributed by atoms with van der Waals surface area (Å²) in [5.74, 6) is 0.450. The van der Waals surface area contributed by atoms with Gasteiger partial charge in [0.2, 0.25) is 0 Å². The standard InChI is InChI=1S/C44H33N3/c1-29-13-12-20-35(25-29)44(34-18-6-3-7-19-34)40-22-11-10-21-36(40)37-24-23-33(28-41(37)44)38-26-31-16-8-9-17-32(31)27-39(38)43(46)47-42(45)30-14-4-2-5-15-30/h2-28H,1H3,(H3,45,46,47). The van der Waals surface area contributed by atoms with Gasteiger partial charge in [-0.25, -0.2) is 4.99 Å². The minimum Gasteiger partial charge on any atom is -0.383 e. The number of nitrogens with two attached hydrogens (primary N) is 1. The zero-order chi connectivity index (χ0) is 32.0. The molecule has 1 aliphatic rings. The number of aryl methyl sites for hydroxylation is 1. The zero-order valence-corrected chi connectivity index (χ0v) is 26.1. The lowest BCUT2D eigenvalue weighted by Gasteiger charge is -2.34. The Morgan fingerprint density at radius 3 is 1.96 bits per heavy atom. The highest BCUT2D eigenvalue weighted by Crippen LogP contribution is 2.56. The van der Waals surface area contributed by atoms with Crippen LogP contribution in [0.2, 0.25) is 0 Å². The van der Waals surface area contributed by atoms with Crippen LogP contribution >= 0.6 is 0 Å². The monoisotopic (exact) mass is 603 g/mol. The highest BCUT2D eigenvalue weighted by atomic mass is 14.9. The predicted molar refractivity (Wildman–Crippen MR) is 195 cm³/mol. The molecule has 8 rings (SSSR count). The van der Waals surface area contributed by atoms with E-state index in [-0.39, 0.29) is 5.84 Å². The molecule has 1 aliphatic carbocycles. The van der Waals surface area contributed by atoms with Gasteiger partial charge >= 0.3 is 0 Å². The molecule has 0 aliphatic heterocycles. The van der Waals surface area contributed by atoms with E-state index >= 15 is 0 Å². The largest absolute Gasteiger partial charge is 0.383 e. The first-order chi connectivity index (χ1) is 23.0. The molecule has 1 unspecified atom stereocenters. The van der Waals surface area contributed by atoms with E-state index in [4.69, 9.17) is 11.1 Å². The van der Waals surface area contributed by atoms with Crippen molar-refractivity contribution in [3.05, 3.63) is 203 Å². The summed E-state index contributed by atoms with van der Waals surface area (Å²) in [5.41, 5.74) is 18.5. The minimum atomic E-state index is -0.513. The Bertz CT molecular complexity index is 2340. The third-order valence-corrected chi connectivity index (χ3v) is 9.46. The maximum atomic E-state index is 8.71. The summed E-state index contributed by atoms with van der Waals surface area (Å²) in [6.45, 7) is 2.16. The molecule has 47 heavy (non-hydrogen) atoms. The van der Waals surface area contributed by atoms with Crippen molar-refractivity contribution < 1.29 is 0 Å². The highest BCUT2D eigenvalue weighted by molar-refractivity contribution is 6.14. The quantitative estimate of drug-likeness (QED) is 0.149. The summed E-state index contributed by atoms with van der Waals surface area (Å²) in [7, 11) is 0. The molecule has 0 spiro atoms. The van der Waals surface area contributed by atoms with Gasteiger partial charge in [-0.3, -0.25) is 5.41 Å². The number of nitrogens with one attached hydrogen (secondary N) is 1. The normalized spacial score (nSPS) is 15.3. The summed E-state index contributed by atoms with van der Waals surface area (Å²) in [6, 6.07) is 57.6. The topological polar surface area (TPSA) is 62.2 Å². The molecule has 7 aromatic rings. The van der Waals surface area contributed by atoms with E-state index in [1.54, 1.807) is 0 Å². The Morgan fingerprint density at radius 2 is 1.19 bits per heavy atom. The number of rotatable bonds is 5. The molecule has 0 saturated carbocycles. The second-order valence-corrected chi connectivity index (χ2v) is 12.2. The molecule has 0 radical (unpaired) electrons. The molecule has 3 heteroatoms. The summed E-state index contributed by atoms with van der Waals surface area (Å²) in [5, 5.41) is 10.9. The van der Waals surface area contributed by atoms with Crippen LogP contribution in [0, 0.1) is 12.3 Å². The molecule has 0 saturated heterocycles. The molecule has 1 atom stereocenters. The predicted octanol–water partition coefficient (Wildman–Crippen LogP) is 9.91. The molecule has 0 bridgehead atoms. The molecule has 0 aromatic heterocycles. The van der Waals surface area contributed by atoms with Gasteiger partial charge in [-0.1, -0.05) is 151 Å². The average Bonchev–Trinajstić information content (AvgIpc) is 3.42. The molecule has 3 N–H and O–H groups in total. The number of nitrogens with zero attached hydrogens (tertiary/aromatic N) is 1. The van der Waals surface area contributed by atoms with Gasteiger partial charge in [0.25, 0.3) is 0 Å². The van der Waals surface area contributed by atoms with Gasteiger partial charge in [0, 0.05) is 11.1 Å². The van der Waals surface area contributed by atoms with Crippen molar-refractivity contribution in [1.29, 1.82) is 5.41 Å². The first kappa shape index (κ1) is 28.4. The van der Waals surface area contributed by atoms with Gasteiger partial charge in [-0.15, -0.1) is 0 Å². The van der Waals surface area contributed by atoms with E-state index in [0.29, 0.717) is 5.84 Å². The molecule has 0 fully saturated rings. The maximum absolute atomic E-state index is 8.71. The molecule has 224 valence electrons. The minimum absolute atomic E-state index is 0.133. The van der Waals surface area contributed by atoms with Crippen LogP contribution in [0.5, 0.6) is 0 Å². The van der Waals surface area contributed by atoms with Crippen molar-refractivity contribution >= 4 is 22.4 Å². The van der Waals surface area contributed by atoms with Crippen molar-refractivity contribution in [3.8, 4) is 22.3 Å². The van der Waals surface area contributed by atoms with Gasteiger partial charge < -0.3 is 5.73 Å². The number of hydrogen-bond acceptors (Lipinski definition) is 1. The van der Waals surface area contributed by atoms with Gasteiger partial charge in [0.05, 0.1) is 5.41 Å². The number of hydrogen-bond donors (Lipinski definition) is 2. The molecular formula is C44H33N3. The van der Waals surface area contributed by atoms with Crippen molar-refractivity contribution in [3.63, 3.8) is 0 Å². The summed E-state index contributed by atoms with van der Waals surface area (Å²) in [4.78, 5) is 4.63. The second-order valence-electron chi connectivity index (χ2n) is 12.2. The fourth-order valence-electron chi connectivity index (χ4n) is 7.33. The summed E-state index contributed by atoms with van der Waals surface area (Å²) < 4.78 is 0. The van der Waals surface area contributed by atoms with Crippen molar-refractivity contribution in [2.75, 3.05) is 0 Å². The Kier molecular flexibility index (Phi) is 6.88. The maximum Gasteiger partial charge on any atom is 0.154 e. The van der Waals surface area contributed by atoms with E-state index in [1.807, 2.05) is 36.4 Å². The van der Waals surface area contributed by atoms with Gasteiger partial charge in [0.1, 0.15) is 5.84 Å². The van der Waals surface area contributed by atoms with E-state index in [0.717, 1.165) is 33.0 Å². The van der Waals surface area contributed by atoms with Crippen LogP contribution in [0.25, 0.3) is 33.0 Å².